The molecule has 1 unspecified atom stereocenters. The molecule has 156 valence electrons. The van der Waals surface area contributed by atoms with Gasteiger partial charge in [-0.3, -0.25) is 0 Å². The van der Waals surface area contributed by atoms with Crippen molar-refractivity contribution in [2.24, 2.45) is 11.7 Å². The molecule has 2 aromatic carbocycles. The van der Waals surface area contributed by atoms with Crippen molar-refractivity contribution >= 4 is 5.69 Å². The van der Waals surface area contributed by atoms with Gasteiger partial charge in [-0.25, -0.2) is 0 Å². The molecule has 0 aliphatic heterocycles. The van der Waals surface area contributed by atoms with E-state index in [0.29, 0.717) is 12.5 Å². The van der Waals surface area contributed by atoms with Crippen molar-refractivity contribution in [1.82, 2.24) is 0 Å². The topological polar surface area (TPSA) is 61.3 Å². The maximum Gasteiger partial charge on any atom is 0.0614 e. The molecule has 27 heavy (non-hydrogen) atoms. The summed E-state index contributed by atoms with van der Waals surface area (Å²) < 4.78 is 5.23. The zero-order valence-corrected chi connectivity index (χ0v) is 15.5. The Kier molecular flexibility index (Phi) is 18.1. The zero-order chi connectivity index (χ0) is 17.9. The third-order valence-corrected chi connectivity index (χ3v) is 3.34. The molecule has 1 atom stereocenters. The molecule has 3 heteroatoms. The molecule has 0 aromatic heterocycles. The van der Waals surface area contributed by atoms with Crippen LogP contribution >= 0.6 is 0 Å². The van der Waals surface area contributed by atoms with Crippen LogP contribution in [0.1, 0.15) is 59.7 Å². The van der Waals surface area contributed by atoms with Crippen molar-refractivity contribution in [2.75, 3.05) is 18.9 Å². The van der Waals surface area contributed by atoms with Gasteiger partial charge in [-0.15, -0.1) is 0 Å². The second kappa shape index (κ2) is 16.3. The molecular formula is C24H44N2O. The van der Waals surface area contributed by atoms with Gasteiger partial charge in [0.05, 0.1) is 6.61 Å². The summed E-state index contributed by atoms with van der Waals surface area (Å²) in [5.41, 5.74) is 15.9. The van der Waals surface area contributed by atoms with E-state index in [4.69, 9.17) is 16.2 Å². The molecule has 3 nitrogen and oxygen atoms in total. The zero-order valence-electron chi connectivity index (χ0n) is 15.5. The highest BCUT2D eigenvalue weighted by Crippen LogP contribution is 2.12. The van der Waals surface area contributed by atoms with Crippen LogP contribution in [0, 0.1) is 12.8 Å². The summed E-state index contributed by atoms with van der Waals surface area (Å²) >= 11 is 0. The van der Waals surface area contributed by atoms with Gasteiger partial charge in [-0.05, 0) is 49.4 Å². The van der Waals surface area contributed by atoms with E-state index in [9.17, 15) is 0 Å². The Hall–Kier alpha value is -1.84. The second-order valence-electron chi connectivity index (χ2n) is 6.81. The van der Waals surface area contributed by atoms with Crippen LogP contribution in [0.5, 0.6) is 0 Å². The van der Waals surface area contributed by atoms with Gasteiger partial charge in [0.1, 0.15) is 0 Å². The molecule has 0 heterocycles. The van der Waals surface area contributed by atoms with Crippen molar-refractivity contribution in [3.8, 4) is 0 Å². The van der Waals surface area contributed by atoms with Gasteiger partial charge in [-0.2, -0.15) is 0 Å². The Morgan fingerprint density at radius 3 is 1.63 bits per heavy atom. The van der Waals surface area contributed by atoms with E-state index < -0.39 is 0 Å². The van der Waals surface area contributed by atoms with Crippen molar-refractivity contribution in [3.05, 3.63) is 65.2 Å². The minimum absolute atomic E-state index is 0. The fourth-order valence-electron chi connectivity index (χ4n) is 2.07. The number of nitrogens with two attached hydrogens (primary N) is 2. The number of hydrogen-bond donors (Lipinski definition) is 2. The lowest BCUT2D eigenvalue weighted by molar-refractivity contribution is 0.101. The van der Waals surface area contributed by atoms with Gasteiger partial charge >= 0.3 is 0 Å². The average molecular weight is 377 g/mol. The molecule has 0 aliphatic carbocycles. The molecule has 0 aliphatic rings. The quantitative estimate of drug-likeness (QED) is 0.600. The lowest BCUT2D eigenvalue weighted by Crippen LogP contribution is -2.22. The lowest BCUT2D eigenvalue weighted by Gasteiger charge is -2.08. The van der Waals surface area contributed by atoms with E-state index >= 15 is 0 Å². The summed E-state index contributed by atoms with van der Waals surface area (Å²) in [5, 5.41) is 0. The SMILES string of the molecule is C.C.C.CC(C)COCC(C)N.Cc1ccc(Cc2ccc(N)cc2)cc1. The maximum atomic E-state index is 5.64. The number of aryl methyl sites for hydroxylation is 1. The van der Waals surface area contributed by atoms with E-state index in [1.807, 2.05) is 19.1 Å². The summed E-state index contributed by atoms with van der Waals surface area (Å²) in [5.74, 6) is 0.615. The molecular weight excluding hydrogens is 332 g/mol. The Balaban J connectivity index is -0.000000427. The van der Waals surface area contributed by atoms with Crippen molar-refractivity contribution in [3.63, 3.8) is 0 Å². The van der Waals surface area contributed by atoms with Crippen molar-refractivity contribution < 1.29 is 4.74 Å². The third kappa shape index (κ3) is 15.0. The third-order valence-electron chi connectivity index (χ3n) is 3.34. The molecule has 0 bridgehead atoms. The molecule has 0 saturated carbocycles. The van der Waals surface area contributed by atoms with E-state index in [-0.39, 0.29) is 28.3 Å². The van der Waals surface area contributed by atoms with Crippen LogP contribution in [0.3, 0.4) is 0 Å². The second-order valence-corrected chi connectivity index (χ2v) is 6.81. The van der Waals surface area contributed by atoms with E-state index in [1.165, 1.54) is 16.7 Å². The largest absolute Gasteiger partial charge is 0.399 e. The van der Waals surface area contributed by atoms with E-state index in [1.54, 1.807) is 0 Å². The first-order chi connectivity index (χ1) is 11.4. The molecule has 0 radical (unpaired) electrons. The van der Waals surface area contributed by atoms with Gasteiger partial charge in [0.2, 0.25) is 0 Å². The molecule has 0 saturated heterocycles. The first-order valence-electron chi connectivity index (χ1n) is 8.60. The van der Waals surface area contributed by atoms with Crippen LogP contribution in [0.4, 0.5) is 5.69 Å². The number of anilines is 1. The summed E-state index contributed by atoms with van der Waals surface area (Å²) in [7, 11) is 0. The summed E-state index contributed by atoms with van der Waals surface area (Å²) in [6.45, 7) is 9.80. The van der Waals surface area contributed by atoms with Crippen LogP contribution in [0.15, 0.2) is 48.5 Å². The predicted molar refractivity (Wildman–Crippen MR) is 124 cm³/mol. The smallest absolute Gasteiger partial charge is 0.0614 e. The van der Waals surface area contributed by atoms with Crippen molar-refractivity contribution in [1.29, 1.82) is 0 Å². The lowest BCUT2D eigenvalue weighted by atomic mass is 10.0. The van der Waals surface area contributed by atoms with Crippen LogP contribution in [-0.4, -0.2) is 19.3 Å². The summed E-state index contributed by atoms with van der Waals surface area (Å²) in [6, 6.07) is 16.9. The Morgan fingerprint density at radius 2 is 1.22 bits per heavy atom. The summed E-state index contributed by atoms with van der Waals surface area (Å²) in [4.78, 5) is 0. The Morgan fingerprint density at radius 1 is 0.778 bits per heavy atom. The minimum Gasteiger partial charge on any atom is -0.399 e. The van der Waals surface area contributed by atoms with Crippen LogP contribution in [0.25, 0.3) is 0 Å². The van der Waals surface area contributed by atoms with Crippen LogP contribution in [-0.2, 0) is 11.2 Å². The maximum absolute atomic E-state index is 5.64. The van der Waals surface area contributed by atoms with Gasteiger partial charge in [0, 0.05) is 18.3 Å². The molecule has 2 rings (SSSR count). The molecule has 4 N–H and O–H groups in total. The van der Waals surface area contributed by atoms with Gasteiger partial charge < -0.3 is 16.2 Å². The highest BCUT2D eigenvalue weighted by Gasteiger charge is 1.96. The van der Waals surface area contributed by atoms with Crippen LogP contribution in [0.2, 0.25) is 0 Å². The fourth-order valence-corrected chi connectivity index (χ4v) is 2.07. The number of nitrogen functional groups attached to an aromatic ring is 1. The molecule has 0 fully saturated rings. The van der Waals surface area contributed by atoms with Crippen LogP contribution < -0.4 is 11.5 Å². The highest BCUT2D eigenvalue weighted by atomic mass is 16.5. The normalized spacial score (nSPS) is 10.4. The Labute approximate surface area is 169 Å². The molecule has 2 aromatic rings. The van der Waals surface area contributed by atoms with Gasteiger partial charge in [-0.1, -0.05) is 78.1 Å². The summed E-state index contributed by atoms with van der Waals surface area (Å²) in [6.07, 6.45) is 0.973. The fraction of sp³-hybridized carbons (Fsp3) is 0.500. The first kappa shape index (κ1) is 29.9. The van der Waals surface area contributed by atoms with Gasteiger partial charge in [0.15, 0.2) is 0 Å². The number of benzene rings is 2. The predicted octanol–water partition coefficient (Wildman–Crippen LogP) is 6.08. The number of hydrogen-bond acceptors (Lipinski definition) is 3. The van der Waals surface area contributed by atoms with E-state index in [2.05, 4.69) is 57.2 Å². The molecule has 0 amide bonds. The average Bonchev–Trinajstić information content (AvgIpc) is 2.52. The first-order valence-corrected chi connectivity index (χ1v) is 8.60. The van der Waals surface area contributed by atoms with Gasteiger partial charge in [0.25, 0.3) is 0 Å². The minimum atomic E-state index is 0. The monoisotopic (exact) mass is 376 g/mol. The van der Waals surface area contributed by atoms with E-state index in [0.717, 1.165) is 18.7 Å². The standard InChI is InChI=1S/C14H15N.C7H17NO.3CH4/c1-11-2-4-12(5-3-11)10-13-6-8-14(15)9-7-13;1-6(2)4-9-5-7(3)8;;;/h2-9H,10,15H2,1H3;6-7H,4-5,8H2,1-3H3;3*1H4. The molecule has 0 spiro atoms. The van der Waals surface area contributed by atoms with Crippen molar-refractivity contribution in [2.45, 2.75) is 62.4 Å². The number of ether oxygens (including phenoxy) is 1. The Bertz CT molecular complexity index is 508. The number of rotatable bonds is 6. The highest BCUT2D eigenvalue weighted by molar-refractivity contribution is 5.40.